The molecule has 3 aromatic rings. The van der Waals surface area contributed by atoms with Gasteiger partial charge in [0.1, 0.15) is 16.6 Å². The summed E-state index contributed by atoms with van der Waals surface area (Å²) in [6.07, 6.45) is 0.602. The molecule has 3 rings (SSSR count). The van der Waals surface area contributed by atoms with Gasteiger partial charge in [0.2, 0.25) is 5.91 Å². The van der Waals surface area contributed by atoms with Gasteiger partial charge in [0.05, 0.1) is 12.1 Å². The van der Waals surface area contributed by atoms with E-state index in [0.717, 1.165) is 10.6 Å². The van der Waals surface area contributed by atoms with E-state index in [9.17, 15) is 13.6 Å². The van der Waals surface area contributed by atoms with E-state index in [1.165, 1.54) is 29.5 Å². The van der Waals surface area contributed by atoms with Crippen molar-refractivity contribution in [1.29, 1.82) is 0 Å². The lowest BCUT2D eigenvalue weighted by Crippen LogP contribution is -2.27. The molecule has 0 spiro atoms. The second-order valence-corrected chi connectivity index (χ2v) is 6.38. The summed E-state index contributed by atoms with van der Waals surface area (Å²) >= 11 is 1.41. The van der Waals surface area contributed by atoms with Crippen LogP contribution in [-0.2, 0) is 17.6 Å². The van der Waals surface area contributed by atoms with E-state index < -0.39 is 0 Å². The molecular weight excluding hydrogens is 342 g/mol. The largest absolute Gasteiger partial charge is 0.355 e. The molecule has 0 aliphatic carbocycles. The molecule has 0 fully saturated rings. The summed E-state index contributed by atoms with van der Waals surface area (Å²) in [7, 11) is 0. The van der Waals surface area contributed by atoms with Gasteiger partial charge < -0.3 is 5.32 Å². The van der Waals surface area contributed by atoms with Gasteiger partial charge in [0, 0.05) is 17.5 Å². The van der Waals surface area contributed by atoms with Crippen LogP contribution in [0.3, 0.4) is 0 Å². The van der Waals surface area contributed by atoms with E-state index in [1.54, 1.807) is 30.3 Å². The first-order valence-electron chi connectivity index (χ1n) is 7.82. The number of hydrogen-bond donors (Lipinski definition) is 1. The maximum absolute atomic E-state index is 13.5. The molecule has 25 heavy (non-hydrogen) atoms. The van der Waals surface area contributed by atoms with Crippen LogP contribution in [0, 0.1) is 11.6 Å². The van der Waals surface area contributed by atoms with E-state index in [2.05, 4.69) is 10.3 Å². The van der Waals surface area contributed by atoms with E-state index in [0.29, 0.717) is 24.2 Å². The van der Waals surface area contributed by atoms with Gasteiger partial charge >= 0.3 is 0 Å². The first-order chi connectivity index (χ1) is 12.1. The predicted molar refractivity (Wildman–Crippen MR) is 94.3 cm³/mol. The summed E-state index contributed by atoms with van der Waals surface area (Å²) in [6, 6.07) is 12.6. The number of nitrogens with zero attached hydrogens (tertiary/aromatic N) is 1. The summed E-state index contributed by atoms with van der Waals surface area (Å²) in [4.78, 5) is 16.4. The number of halogens is 2. The number of thiazole rings is 1. The molecular formula is C19H16F2N2OS. The zero-order valence-electron chi connectivity index (χ0n) is 13.3. The molecule has 0 unspecified atom stereocenters. The fourth-order valence-electron chi connectivity index (χ4n) is 2.38. The van der Waals surface area contributed by atoms with Gasteiger partial charge in [-0.25, -0.2) is 13.8 Å². The molecule has 0 radical (unpaired) electrons. The Kier molecular flexibility index (Phi) is 5.50. The zero-order valence-corrected chi connectivity index (χ0v) is 14.2. The fraction of sp³-hybridized carbons (Fsp3) is 0.158. The molecule has 2 aromatic carbocycles. The van der Waals surface area contributed by atoms with Crippen molar-refractivity contribution >= 4 is 17.2 Å². The molecule has 0 saturated carbocycles. The predicted octanol–water partition coefficient (Wildman–Crippen LogP) is 3.99. The highest BCUT2D eigenvalue weighted by Crippen LogP contribution is 2.24. The van der Waals surface area contributed by atoms with Crippen LogP contribution < -0.4 is 5.32 Å². The highest BCUT2D eigenvalue weighted by molar-refractivity contribution is 7.13. The van der Waals surface area contributed by atoms with Gasteiger partial charge in [0.15, 0.2) is 0 Å². The van der Waals surface area contributed by atoms with Crippen molar-refractivity contribution in [3.8, 4) is 10.6 Å². The van der Waals surface area contributed by atoms with E-state index in [-0.39, 0.29) is 24.0 Å². The average Bonchev–Trinajstić information content (AvgIpc) is 3.05. The minimum absolute atomic E-state index is 0.160. The molecule has 3 nitrogen and oxygen atoms in total. The Morgan fingerprint density at radius 1 is 1.08 bits per heavy atom. The average molecular weight is 358 g/mol. The summed E-state index contributed by atoms with van der Waals surface area (Å²) in [5, 5.41) is 5.33. The monoisotopic (exact) mass is 358 g/mol. The molecule has 0 saturated heterocycles. The van der Waals surface area contributed by atoms with Crippen molar-refractivity contribution in [2.24, 2.45) is 0 Å². The number of carbonyl (C=O) groups excluding carboxylic acids is 1. The number of hydrogen-bond acceptors (Lipinski definition) is 3. The summed E-state index contributed by atoms with van der Waals surface area (Å²) in [6.45, 7) is 0.370. The van der Waals surface area contributed by atoms with Crippen molar-refractivity contribution in [2.45, 2.75) is 12.8 Å². The van der Waals surface area contributed by atoms with Crippen molar-refractivity contribution < 1.29 is 13.6 Å². The Balaban J connectivity index is 1.51. The Labute approximate surface area is 148 Å². The third-order valence-electron chi connectivity index (χ3n) is 3.66. The number of nitrogens with one attached hydrogen (secondary N) is 1. The van der Waals surface area contributed by atoms with E-state index >= 15 is 0 Å². The Hall–Kier alpha value is -2.60. The third-order valence-corrected chi connectivity index (χ3v) is 4.60. The maximum Gasteiger partial charge on any atom is 0.226 e. The Morgan fingerprint density at radius 2 is 1.84 bits per heavy atom. The van der Waals surface area contributed by atoms with E-state index in [4.69, 9.17) is 0 Å². The molecule has 0 aliphatic rings. The van der Waals surface area contributed by atoms with Crippen molar-refractivity contribution in [3.63, 3.8) is 0 Å². The van der Waals surface area contributed by atoms with Gasteiger partial charge in [-0.3, -0.25) is 4.79 Å². The Morgan fingerprint density at radius 3 is 2.60 bits per heavy atom. The van der Waals surface area contributed by atoms with Gasteiger partial charge in [-0.1, -0.05) is 18.2 Å². The van der Waals surface area contributed by atoms with Gasteiger partial charge in [0.25, 0.3) is 0 Å². The minimum Gasteiger partial charge on any atom is -0.355 e. The van der Waals surface area contributed by atoms with Crippen LogP contribution >= 0.6 is 11.3 Å². The Bertz CT molecular complexity index is 862. The molecule has 6 heteroatoms. The van der Waals surface area contributed by atoms with Crippen molar-refractivity contribution in [1.82, 2.24) is 10.3 Å². The van der Waals surface area contributed by atoms with Crippen LogP contribution in [0.15, 0.2) is 53.9 Å². The molecule has 1 amide bonds. The lowest BCUT2D eigenvalue weighted by molar-refractivity contribution is -0.120. The summed E-state index contributed by atoms with van der Waals surface area (Å²) in [5.41, 5.74) is 2.06. The minimum atomic E-state index is -0.297. The first-order valence-corrected chi connectivity index (χ1v) is 8.70. The lowest BCUT2D eigenvalue weighted by Gasteiger charge is -2.05. The summed E-state index contributed by atoms with van der Waals surface area (Å²) < 4.78 is 26.5. The number of carbonyl (C=O) groups is 1. The maximum atomic E-state index is 13.5. The molecule has 0 atom stereocenters. The highest BCUT2D eigenvalue weighted by atomic mass is 32.1. The van der Waals surface area contributed by atoms with Crippen LogP contribution in [-0.4, -0.2) is 17.4 Å². The molecule has 1 aromatic heterocycles. The third kappa shape index (κ3) is 4.70. The van der Waals surface area contributed by atoms with Crippen LogP contribution in [0.1, 0.15) is 11.3 Å². The fourth-order valence-corrected chi connectivity index (χ4v) is 3.20. The molecule has 1 heterocycles. The van der Waals surface area contributed by atoms with Crippen molar-refractivity contribution in [2.75, 3.05) is 6.54 Å². The van der Waals surface area contributed by atoms with Crippen LogP contribution in [0.4, 0.5) is 8.78 Å². The number of aromatic nitrogens is 1. The quantitative estimate of drug-likeness (QED) is 0.724. The lowest BCUT2D eigenvalue weighted by atomic mass is 10.1. The van der Waals surface area contributed by atoms with Gasteiger partial charge in [-0.15, -0.1) is 11.3 Å². The zero-order chi connectivity index (χ0) is 17.6. The van der Waals surface area contributed by atoms with Crippen LogP contribution in [0.2, 0.25) is 0 Å². The van der Waals surface area contributed by atoms with Crippen LogP contribution in [0.25, 0.3) is 10.6 Å². The van der Waals surface area contributed by atoms with E-state index in [1.807, 2.05) is 5.38 Å². The SMILES string of the molecule is O=C(Cc1csc(-c2ccc(F)cc2)n1)NCCc1ccccc1F. The first kappa shape index (κ1) is 17.2. The van der Waals surface area contributed by atoms with Gasteiger partial charge in [-0.2, -0.15) is 0 Å². The molecule has 128 valence electrons. The van der Waals surface area contributed by atoms with Gasteiger partial charge in [-0.05, 0) is 42.3 Å². The normalized spacial score (nSPS) is 10.6. The molecule has 0 bridgehead atoms. The second kappa shape index (κ2) is 7.98. The smallest absolute Gasteiger partial charge is 0.226 e. The summed E-state index contributed by atoms with van der Waals surface area (Å²) in [5.74, 6) is -0.720. The molecule has 0 aliphatic heterocycles. The highest BCUT2D eigenvalue weighted by Gasteiger charge is 2.09. The van der Waals surface area contributed by atoms with Crippen LogP contribution in [0.5, 0.6) is 0 Å². The topological polar surface area (TPSA) is 42.0 Å². The van der Waals surface area contributed by atoms with Crippen molar-refractivity contribution in [3.05, 3.63) is 76.8 Å². The number of benzene rings is 2. The number of amides is 1. The number of rotatable bonds is 6. The standard InChI is InChI=1S/C19H16F2N2OS/c20-15-7-5-14(6-8-15)19-23-16(12-25-19)11-18(24)22-10-9-13-3-1-2-4-17(13)21/h1-8,12H,9-11H2,(H,22,24). The molecule has 1 N–H and O–H groups in total. The second-order valence-electron chi connectivity index (χ2n) is 5.52.